The zero-order valence-electron chi connectivity index (χ0n) is 9.58. The van der Waals surface area contributed by atoms with E-state index in [0.717, 1.165) is 0 Å². The van der Waals surface area contributed by atoms with Crippen molar-refractivity contribution in [3.63, 3.8) is 0 Å². The molecule has 0 atom stereocenters. The molecule has 2 amide bonds. The van der Waals surface area contributed by atoms with E-state index in [1.165, 1.54) is 4.90 Å². The molecule has 5 nitrogen and oxygen atoms in total. The van der Waals surface area contributed by atoms with Gasteiger partial charge in [-0.2, -0.15) is 0 Å². The van der Waals surface area contributed by atoms with E-state index in [0.29, 0.717) is 12.8 Å². The lowest BCUT2D eigenvalue weighted by Gasteiger charge is -2.36. The number of nitrogens with one attached hydrogen (secondary N) is 1. The highest BCUT2D eigenvalue weighted by molar-refractivity contribution is 5.76. The molecule has 1 aliphatic rings. The van der Waals surface area contributed by atoms with Gasteiger partial charge in [-0.1, -0.05) is 0 Å². The Balaban J connectivity index is 2.41. The number of hydrogen-bond donors (Lipinski definition) is 2. The van der Waals surface area contributed by atoms with Crippen LogP contribution in [0.1, 0.15) is 19.8 Å². The Hall–Kier alpha value is -1.40. The van der Waals surface area contributed by atoms with Crippen LogP contribution in [0.15, 0.2) is 0 Å². The number of urea groups is 1. The normalized spacial score (nSPS) is 19.2. The van der Waals surface area contributed by atoms with Gasteiger partial charge in [0.05, 0.1) is 12.0 Å². The molecule has 0 spiro atoms. The summed E-state index contributed by atoms with van der Waals surface area (Å²) in [4.78, 5) is 23.7. The molecule has 1 heterocycles. The van der Waals surface area contributed by atoms with Crippen molar-refractivity contribution >= 4 is 12.0 Å². The highest BCUT2D eigenvalue weighted by atomic mass is 19.3. The minimum absolute atomic E-state index is 0.276. The molecule has 0 aromatic carbocycles. The number of piperidine rings is 1. The maximum Gasteiger partial charge on any atom is 0.317 e. The summed E-state index contributed by atoms with van der Waals surface area (Å²) in [6.07, 6.45) is -1.90. The second-order valence-electron chi connectivity index (χ2n) is 4.43. The van der Waals surface area contributed by atoms with E-state index in [1.807, 2.05) is 0 Å². The first-order valence-electron chi connectivity index (χ1n) is 5.39. The monoisotopic (exact) mass is 250 g/mol. The molecule has 17 heavy (non-hydrogen) atoms. The molecule has 98 valence electrons. The molecule has 2 N–H and O–H groups in total. The highest BCUT2D eigenvalue weighted by Crippen LogP contribution is 2.30. The summed E-state index contributed by atoms with van der Waals surface area (Å²) in [5, 5.41) is 11.1. The number of nitrogens with zero attached hydrogens (tertiary/aromatic N) is 1. The van der Waals surface area contributed by atoms with Gasteiger partial charge in [0, 0.05) is 13.1 Å². The smallest absolute Gasteiger partial charge is 0.317 e. The van der Waals surface area contributed by atoms with Crippen molar-refractivity contribution in [3.8, 4) is 0 Å². The summed E-state index contributed by atoms with van der Waals surface area (Å²) in [5.74, 6) is -0.884. The Morgan fingerprint density at radius 1 is 1.41 bits per heavy atom. The van der Waals surface area contributed by atoms with Crippen LogP contribution in [0.5, 0.6) is 0 Å². The zero-order valence-corrected chi connectivity index (χ0v) is 9.58. The number of carboxylic acid groups (broad SMARTS) is 1. The largest absolute Gasteiger partial charge is 0.481 e. The molecule has 0 bridgehead atoms. The van der Waals surface area contributed by atoms with Gasteiger partial charge in [0.1, 0.15) is 0 Å². The maximum atomic E-state index is 11.9. The van der Waals surface area contributed by atoms with Crippen molar-refractivity contribution in [2.24, 2.45) is 5.41 Å². The van der Waals surface area contributed by atoms with E-state index in [9.17, 15) is 18.4 Å². The second kappa shape index (κ2) is 5.29. The first kappa shape index (κ1) is 13.7. The fourth-order valence-corrected chi connectivity index (χ4v) is 1.69. The summed E-state index contributed by atoms with van der Waals surface area (Å²) in [5.41, 5.74) is -0.820. The molecule has 1 aliphatic heterocycles. The van der Waals surface area contributed by atoms with Crippen LogP contribution in [0.2, 0.25) is 0 Å². The van der Waals surface area contributed by atoms with Gasteiger partial charge in [-0.05, 0) is 19.8 Å². The Bertz CT molecular complexity index is 302. The molecule has 7 heteroatoms. The van der Waals surface area contributed by atoms with Gasteiger partial charge in [0.25, 0.3) is 6.43 Å². The van der Waals surface area contributed by atoms with Gasteiger partial charge < -0.3 is 15.3 Å². The first-order chi connectivity index (χ1) is 7.85. The molecule has 1 saturated heterocycles. The number of carbonyl (C=O) groups excluding carboxylic acids is 1. The van der Waals surface area contributed by atoms with Gasteiger partial charge in [0.15, 0.2) is 0 Å². The molecule has 0 aromatic rings. The summed E-state index contributed by atoms with van der Waals surface area (Å²) in [6, 6.07) is -0.558. The molecule has 0 aromatic heterocycles. The number of aliphatic carboxylic acids is 1. The molecule has 0 unspecified atom stereocenters. The minimum Gasteiger partial charge on any atom is -0.481 e. The average Bonchev–Trinajstić information content (AvgIpc) is 2.26. The zero-order chi connectivity index (χ0) is 13.1. The topological polar surface area (TPSA) is 69.6 Å². The van der Waals surface area contributed by atoms with Crippen LogP contribution in [0.3, 0.4) is 0 Å². The summed E-state index contributed by atoms with van der Waals surface area (Å²) in [6.45, 7) is 1.50. The third-order valence-corrected chi connectivity index (χ3v) is 3.08. The molecule has 0 aliphatic carbocycles. The third kappa shape index (κ3) is 3.54. The third-order valence-electron chi connectivity index (χ3n) is 3.08. The lowest BCUT2D eigenvalue weighted by atomic mass is 9.80. The number of carboxylic acids is 1. The standard InChI is InChI=1S/C10H16F2N2O3/c1-10(8(15)16)2-4-14(5-3-10)9(17)13-6-7(11)12/h7H,2-6H2,1H3,(H,13,17)(H,15,16). The van der Waals surface area contributed by atoms with Crippen molar-refractivity contribution in [2.75, 3.05) is 19.6 Å². The molecule has 0 radical (unpaired) electrons. The van der Waals surface area contributed by atoms with E-state index >= 15 is 0 Å². The molecular formula is C10H16F2N2O3. The number of alkyl halides is 2. The van der Waals surface area contributed by atoms with Crippen LogP contribution in [-0.2, 0) is 4.79 Å². The SMILES string of the molecule is CC1(C(=O)O)CCN(C(=O)NCC(F)F)CC1. The van der Waals surface area contributed by atoms with Gasteiger partial charge >= 0.3 is 12.0 Å². The molecular weight excluding hydrogens is 234 g/mol. The van der Waals surface area contributed by atoms with E-state index in [1.54, 1.807) is 6.92 Å². The number of likely N-dealkylation sites (tertiary alicyclic amines) is 1. The van der Waals surface area contributed by atoms with Crippen LogP contribution in [0.4, 0.5) is 13.6 Å². The van der Waals surface area contributed by atoms with Crippen LogP contribution in [0.25, 0.3) is 0 Å². The number of halogens is 2. The summed E-state index contributed by atoms with van der Waals surface area (Å²) >= 11 is 0. The van der Waals surface area contributed by atoms with Crippen LogP contribution in [0, 0.1) is 5.41 Å². The van der Waals surface area contributed by atoms with Crippen LogP contribution >= 0.6 is 0 Å². The van der Waals surface area contributed by atoms with E-state index in [-0.39, 0.29) is 13.1 Å². The van der Waals surface area contributed by atoms with E-state index < -0.39 is 30.4 Å². The number of carbonyl (C=O) groups is 2. The maximum absolute atomic E-state index is 11.9. The minimum atomic E-state index is -2.58. The number of amides is 2. The van der Waals surface area contributed by atoms with Crippen LogP contribution < -0.4 is 5.32 Å². The Morgan fingerprint density at radius 2 is 1.94 bits per heavy atom. The van der Waals surface area contributed by atoms with Crippen molar-refractivity contribution in [1.82, 2.24) is 10.2 Å². The van der Waals surface area contributed by atoms with E-state index in [2.05, 4.69) is 5.32 Å². The Morgan fingerprint density at radius 3 is 2.35 bits per heavy atom. The lowest BCUT2D eigenvalue weighted by molar-refractivity contribution is -0.150. The summed E-state index contributed by atoms with van der Waals surface area (Å²) < 4.78 is 23.8. The predicted molar refractivity (Wildman–Crippen MR) is 56.0 cm³/mol. The van der Waals surface area contributed by atoms with Crippen molar-refractivity contribution in [1.29, 1.82) is 0 Å². The van der Waals surface area contributed by atoms with Crippen molar-refractivity contribution < 1.29 is 23.5 Å². The van der Waals surface area contributed by atoms with Crippen LogP contribution in [-0.4, -0.2) is 48.1 Å². The van der Waals surface area contributed by atoms with Gasteiger partial charge in [-0.25, -0.2) is 13.6 Å². The second-order valence-corrected chi connectivity index (χ2v) is 4.43. The summed E-state index contributed by atoms with van der Waals surface area (Å²) in [7, 11) is 0. The predicted octanol–water partition coefficient (Wildman–Crippen LogP) is 1.15. The molecule has 1 rings (SSSR count). The Labute approximate surface area is 97.8 Å². The fourth-order valence-electron chi connectivity index (χ4n) is 1.69. The van der Waals surface area contributed by atoms with E-state index in [4.69, 9.17) is 5.11 Å². The number of rotatable bonds is 3. The molecule has 0 saturated carbocycles. The van der Waals surface area contributed by atoms with Gasteiger partial charge in [-0.3, -0.25) is 4.79 Å². The van der Waals surface area contributed by atoms with Gasteiger partial charge in [0.2, 0.25) is 0 Å². The Kier molecular flexibility index (Phi) is 4.25. The average molecular weight is 250 g/mol. The van der Waals surface area contributed by atoms with Crippen molar-refractivity contribution in [3.05, 3.63) is 0 Å². The highest BCUT2D eigenvalue weighted by Gasteiger charge is 2.37. The van der Waals surface area contributed by atoms with Gasteiger partial charge in [-0.15, -0.1) is 0 Å². The molecule has 1 fully saturated rings. The van der Waals surface area contributed by atoms with Crippen molar-refractivity contribution in [2.45, 2.75) is 26.2 Å². The number of hydrogen-bond acceptors (Lipinski definition) is 2. The quantitative estimate of drug-likeness (QED) is 0.789. The lowest BCUT2D eigenvalue weighted by Crippen LogP contribution is -2.49. The first-order valence-corrected chi connectivity index (χ1v) is 5.39. The fraction of sp³-hybridized carbons (Fsp3) is 0.800.